The molecular weight excluding hydrogens is 473 g/mol. The van der Waals surface area contributed by atoms with Gasteiger partial charge in [0.1, 0.15) is 5.82 Å². The molecular formula is C25H33Cl2N5O2. The molecule has 1 aliphatic carbocycles. The van der Waals surface area contributed by atoms with Gasteiger partial charge in [0.05, 0.1) is 46.6 Å². The molecule has 3 fully saturated rings. The molecule has 2 saturated heterocycles. The third-order valence-electron chi connectivity index (χ3n) is 7.70. The van der Waals surface area contributed by atoms with Crippen molar-refractivity contribution in [2.75, 3.05) is 18.1 Å². The molecule has 2 aromatic heterocycles. The number of aliphatic hydroxyl groups is 1. The van der Waals surface area contributed by atoms with Crippen LogP contribution in [0.1, 0.15) is 68.0 Å². The third-order valence-corrected chi connectivity index (χ3v) is 8.48. The zero-order valence-electron chi connectivity index (χ0n) is 19.7. The largest absolute Gasteiger partial charge is 0.394 e. The fourth-order valence-electron chi connectivity index (χ4n) is 5.86. The van der Waals surface area contributed by atoms with Gasteiger partial charge in [0, 0.05) is 30.5 Å². The Morgan fingerprint density at radius 3 is 2.79 bits per heavy atom. The monoisotopic (exact) mass is 505 g/mol. The summed E-state index contributed by atoms with van der Waals surface area (Å²) in [4.78, 5) is 11.2. The zero-order chi connectivity index (χ0) is 23.8. The fourth-order valence-corrected chi connectivity index (χ4v) is 6.51. The Balaban J connectivity index is 1.27. The van der Waals surface area contributed by atoms with E-state index in [0.29, 0.717) is 22.0 Å². The van der Waals surface area contributed by atoms with Crippen LogP contribution in [0.25, 0.3) is 0 Å². The van der Waals surface area contributed by atoms with E-state index in [2.05, 4.69) is 32.9 Å². The molecule has 3 N–H and O–H groups in total. The lowest BCUT2D eigenvalue weighted by Crippen LogP contribution is -2.37. The highest BCUT2D eigenvalue weighted by atomic mass is 35.5. The second kappa shape index (κ2) is 10.2. The molecule has 6 atom stereocenters. The minimum absolute atomic E-state index is 0.128. The predicted octanol–water partition coefficient (Wildman–Crippen LogP) is 4.52. The lowest BCUT2D eigenvalue weighted by Gasteiger charge is -2.35. The first-order chi connectivity index (χ1) is 16.5. The van der Waals surface area contributed by atoms with E-state index in [1.807, 2.05) is 20.0 Å². The van der Waals surface area contributed by atoms with Gasteiger partial charge in [0.15, 0.2) is 0 Å². The summed E-state index contributed by atoms with van der Waals surface area (Å²) in [6.45, 7) is 5.03. The van der Waals surface area contributed by atoms with Crippen LogP contribution < -0.4 is 15.8 Å². The lowest BCUT2D eigenvalue weighted by molar-refractivity contribution is -0.0370. The number of aryl methyl sites for hydroxylation is 1. The molecule has 0 radical (unpaired) electrons. The van der Waals surface area contributed by atoms with Gasteiger partial charge in [-0.15, -0.1) is 0 Å². The molecule has 5 rings (SSSR count). The number of hydrogen-bond donors (Lipinski definition) is 3. The summed E-state index contributed by atoms with van der Waals surface area (Å²) in [5, 5.41) is 10.8. The first kappa shape index (κ1) is 24.2. The van der Waals surface area contributed by atoms with Crippen molar-refractivity contribution in [3.05, 3.63) is 51.4 Å². The van der Waals surface area contributed by atoms with Crippen LogP contribution >= 0.6 is 23.2 Å². The van der Waals surface area contributed by atoms with Gasteiger partial charge in [-0.05, 0) is 63.5 Å². The number of fused-ring (bicyclic) bond motifs is 1. The summed E-state index contributed by atoms with van der Waals surface area (Å²) in [6.07, 6.45) is 8.65. The van der Waals surface area contributed by atoms with E-state index in [0.717, 1.165) is 55.7 Å². The number of pyridine rings is 2. The number of hydrazine groups is 1. The van der Waals surface area contributed by atoms with E-state index in [1.54, 1.807) is 6.20 Å². The van der Waals surface area contributed by atoms with Gasteiger partial charge < -0.3 is 14.7 Å². The highest BCUT2D eigenvalue weighted by Gasteiger charge is 2.42. The first-order valence-electron chi connectivity index (χ1n) is 12.3. The van der Waals surface area contributed by atoms with Crippen LogP contribution in [0, 0.1) is 12.8 Å². The Labute approximate surface area is 211 Å². The van der Waals surface area contributed by atoms with Crippen molar-refractivity contribution in [2.24, 2.45) is 5.92 Å². The Morgan fingerprint density at radius 2 is 2.03 bits per heavy atom. The van der Waals surface area contributed by atoms with E-state index in [1.165, 1.54) is 5.56 Å². The maximum atomic E-state index is 9.64. The zero-order valence-corrected chi connectivity index (χ0v) is 21.2. The highest BCUT2D eigenvalue weighted by molar-refractivity contribution is 6.36. The summed E-state index contributed by atoms with van der Waals surface area (Å²) in [5.74, 6) is 1.35. The molecule has 0 aromatic carbocycles. The SMILES string of the molecule is Cc1ncc(Cl)c([C@@H](C)OC2CCC3NNC(c4ccc(N5CCC[C@H]5CO)nc4)C3C2)c1Cl. The van der Waals surface area contributed by atoms with Gasteiger partial charge in [0.25, 0.3) is 0 Å². The summed E-state index contributed by atoms with van der Waals surface area (Å²) < 4.78 is 6.50. The van der Waals surface area contributed by atoms with Crippen LogP contribution in [0.5, 0.6) is 0 Å². The van der Waals surface area contributed by atoms with Gasteiger partial charge in [-0.2, -0.15) is 0 Å². The maximum absolute atomic E-state index is 9.64. The van der Waals surface area contributed by atoms with Crippen LogP contribution in [0.2, 0.25) is 10.0 Å². The van der Waals surface area contributed by atoms with Crippen molar-refractivity contribution in [3.63, 3.8) is 0 Å². The minimum Gasteiger partial charge on any atom is -0.394 e. The normalized spacial score (nSPS) is 29.9. The van der Waals surface area contributed by atoms with Gasteiger partial charge in [0.2, 0.25) is 0 Å². The van der Waals surface area contributed by atoms with Gasteiger partial charge >= 0.3 is 0 Å². The Bertz CT molecular complexity index is 1010. The van der Waals surface area contributed by atoms with Crippen molar-refractivity contribution in [2.45, 2.75) is 76.3 Å². The number of nitrogens with one attached hydrogen (secondary N) is 2. The average molecular weight is 506 g/mol. The molecule has 9 heteroatoms. The smallest absolute Gasteiger partial charge is 0.128 e. The standard InChI is InChI=1S/C25H33Cl2N5O2/c1-14-24(27)23(20(26)12-28-14)15(2)34-18-6-7-21-19(10-18)25(31-30-21)16-5-8-22(29-11-16)32-9-3-4-17(32)13-33/h5,8,11-12,15,17-19,21,25,30-31,33H,3-4,6-7,9-10,13H2,1-2H3/t15-,17+,18?,19?,21?,25?/m1/s1. The molecule has 3 aliphatic rings. The van der Waals surface area contributed by atoms with Crippen LogP contribution in [0.15, 0.2) is 24.5 Å². The first-order valence-corrected chi connectivity index (χ1v) is 13.0. The van der Waals surface area contributed by atoms with Crippen LogP contribution in [-0.4, -0.2) is 46.4 Å². The molecule has 34 heavy (non-hydrogen) atoms. The molecule has 1 saturated carbocycles. The Hall–Kier alpha value is -1.48. The summed E-state index contributed by atoms with van der Waals surface area (Å²) in [5.41, 5.74) is 9.76. The van der Waals surface area contributed by atoms with Crippen molar-refractivity contribution >= 4 is 29.0 Å². The van der Waals surface area contributed by atoms with Crippen molar-refractivity contribution in [1.29, 1.82) is 0 Å². The molecule has 184 valence electrons. The summed E-state index contributed by atoms with van der Waals surface area (Å²) in [6, 6.07) is 5.03. The summed E-state index contributed by atoms with van der Waals surface area (Å²) >= 11 is 12.9. The fraction of sp³-hybridized carbons (Fsp3) is 0.600. The van der Waals surface area contributed by atoms with Gasteiger partial charge in [-0.3, -0.25) is 10.4 Å². The number of hydrogen-bond acceptors (Lipinski definition) is 7. The molecule has 4 heterocycles. The number of aromatic nitrogens is 2. The molecule has 4 unspecified atom stereocenters. The number of rotatable bonds is 6. The molecule has 0 bridgehead atoms. The topological polar surface area (TPSA) is 82.5 Å². The van der Waals surface area contributed by atoms with E-state index in [9.17, 15) is 5.11 Å². The number of ether oxygens (including phenoxy) is 1. The second-order valence-electron chi connectivity index (χ2n) is 9.79. The highest BCUT2D eigenvalue weighted by Crippen LogP contribution is 2.41. The molecule has 7 nitrogen and oxygen atoms in total. The van der Waals surface area contributed by atoms with E-state index >= 15 is 0 Å². The Morgan fingerprint density at radius 1 is 1.18 bits per heavy atom. The van der Waals surface area contributed by atoms with Crippen molar-refractivity contribution < 1.29 is 9.84 Å². The Kier molecular flexibility index (Phi) is 7.30. The van der Waals surface area contributed by atoms with Crippen LogP contribution in [0.3, 0.4) is 0 Å². The summed E-state index contributed by atoms with van der Waals surface area (Å²) in [7, 11) is 0. The quantitative estimate of drug-likeness (QED) is 0.532. The van der Waals surface area contributed by atoms with E-state index < -0.39 is 0 Å². The third kappa shape index (κ3) is 4.66. The number of nitrogens with zero attached hydrogens (tertiary/aromatic N) is 3. The second-order valence-corrected chi connectivity index (χ2v) is 10.6. The molecule has 0 amide bonds. The average Bonchev–Trinajstić information content (AvgIpc) is 3.48. The number of halogens is 2. The van der Waals surface area contributed by atoms with E-state index in [-0.39, 0.29) is 30.9 Å². The predicted molar refractivity (Wildman–Crippen MR) is 134 cm³/mol. The van der Waals surface area contributed by atoms with Crippen LogP contribution in [0.4, 0.5) is 5.82 Å². The maximum Gasteiger partial charge on any atom is 0.128 e. The van der Waals surface area contributed by atoms with Crippen LogP contribution in [-0.2, 0) is 4.74 Å². The minimum atomic E-state index is -0.204. The number of aliphatic hydroxyl groups excluding tert-OH is 1. The molecule has 0 spiro atoms. The molecule has 2 aliphatic heterocycles. The van der Waals surface area contributed by atoms with E-state index in [4.69, 9.17) is 32.9 Å². The molecule has 2 aromatic rings. The number of anilines is 1. The van der Waals surface area contributed by atoms with Gasteiger partial charge in [-0.1, -0.05) is 29.3 Å². The van der Waals surface area contributed by atoms with Gasteiger partial charge in [-0.25, -0.2) is 10.4 Å². The van der Waals surface area contributed by atoms with Crippen molar-refractivity contribution in [1.82, 2.24) is 20.8 Å². The lowest BCUT2D eigenvalue weighted by atomic mass is 9.78. The van der Waals surface area contributed by atoms with Crippen molar-refractivity contribution in [3.8, 4) is 0 Å².